The van der Waals surface area contributed by atoms with Crippen LogP contribution in [0.5, 0.6) is 11.5 Å². The molecular formula is C20H17NO5S. The number of benzene rings is 2. The number of thioether (sulfide) groups is 1. The number of methoxy groups -OCH3 is 1. The Hall–Kier alpha value is -3.06. The lowest BCUT2D eigenvalue weighted by Crippen LogP contribution is -2.27. The van der Waals surface area contributed by atoms with Crippen molar-refractivity contribution in [1.29, 1.82) is 0 Å². The number of hydrogen-bond acceptors (Lipinski definition) is 6. The third-order valence-corrected chi connectivity index (χ3v) is 4.81. The predicted molar refractivity (Wildman–Crippen MR) is 103 cm³/mol. The molecule has 7 heteroatoms. The molecule has 1 fully saturated rings. The Morgan fingerprint density at radius 3 is 2.22 bits per heavy atom. The van der Waals surface area contributed by atoms with Crippen LogP contribution in [0, 0.1) is 0 Å². The summed E-state index contributed by atoms with van der Waals surface area (Å²) < 4.78 is 10.4. The van der Waals surface area contributed by atoms with Gasteiger partial charge in [-0.25, -0.2) is 4.79 Å². The van der Waals surface area contributed by atoms with Crippen molar-refractivity contribution < 1.29 is 23.9 Å². The summed E-state index contributed by atoms with van der Waals surface area (Å²) in [5.74, 6) is 0.273. The van der Waals surface area contributed by atoms with E-state index >= 15 is 0 Å². The molecule has 0 aliphatic carbocycles. The molecule has 1 heterocycles. The minimum Gasteiger partial charge on any atom is -0.497 e. The molecular weight excluding hydrogens is 366 g/mol. The maximum Gasteiger partial charge on any atom is 0.343 e. The number of ether oxygens (including phenoxy) is 2. The molecule has 0 N–H and O–H groups in total. The van der Waals surface area contributed by atoms with Crippen LogP contribution in [-0.4, -0.2) is 35.7 Å². The normalized spacial score (nSPS) is 15.3. The van der Waals surface area contributed by atoms with Crippen molar-refractivity contribution in [2.75, 3.05) is 13.7 Å². The fraction of sp³-hybridized carbons (Fsp3) is 0.150. The molecule has 2 amide bonds. The summed E-state index contributed by atoms with van der Waals surface area (Å²) in [6.45, 7) is 2.10. The summed E-state index contributed by atoms with van der Waals surface area (Å²) in [4.78, 5) is 37.6. The lowest BCUT2D eigenvalue weighted by atomic mass is 10.2. The Labute approximate surface area is 160 Å². The molecule has 1 aliphatic rings. The van der Waals surface area contributed by atoms with Crippen molar-refractivity contribution in [3.05, 3.63) is 64.6 Å². The van der Waals surface area contributed by atoms with Gasteiger partial charge in [0.15, 0.2) is 0 Å². The minimum atomic E-state index is -0.477. The van der Waals surface area contributed by atoms with Gasteiger partial charge in [0.2, 0.25) is 0 Å². The maximum atomic E-state index is 12.2. The van der Waals surface area contributed by atoms with Crippen LogP contribution >= 0.6 is 11.8 Å². The van der Waals surface area contributed by atoms with Crippen LogP contribution < -0.4 is 9.47 Å². The number of esters is 1. The van der Waals surface area contributed by atoms with Crippen molar-refractivity contribution in [3.8, 4) is 11.5 Å². The molecule has 0 aromatic heterocycles. The topological polar surface area (TPSA) is 72.9 Å². The zero-order valence-electron chi connectivity index (χ0n) is 14.8. The molecule has 2 aromatic carbocycles. The number of carbonyl (C=O) groups excluding carboxylic acids is 3. The van der Waals surface area contributed by atoms with Gasteiger partial charge in [0.25, 0.3) is 11.1 Å². The average Bonchev–Trinajstić information content (AvgIpc) is 2.96. The molecule has 0 saturated carbocycles. The smallest absolute Gasteiger partial charge is 0.343 e. The van der Waals surface area contributed by atoms with Crippen molar-refractivity contribution in [3.63, 3.8) is 0 Å². The van der Waals surface area contributed by atoms with Crippen LogP contribution in [0.1, 0.15) is 22.8 Å². The number of amides is 2. The number of nitrogens with zero attached hydrogens (tertiary/aromatic N) is 1. The summed E-state index contributed by atoms with van der Waals surface area (Å²) in [5, 5.41) is -0.265. The molecule has 0 unspecified atom stereocenters. The van der Waals surface area contributed by atoms with E-state index in [1.54, 1.807) is 68.6 Å². The van der Waals surface area contributed by atoms with Gasteiger partial charge in [-0.2, -0.15) is 0 Å². The van der Waals surface area contributed by atoms with Gasteiger partial charge in [0.1, 0.15) is 11.5 Å². The number of imide groups is 1. The molecule has 3 rings (SSSR count). The minimum absolute atomic E-state index is 0.265. The van der Waals surface area contributed by atoms with E-state index in [0.717, 1.165) is 17.3 Å². The molecule has 1 saturated heterocycles. The third kappa shape index (κ3) is 4.20. The molecule has 0 atom stereocenters. The summed E-state index contributed by atoms with van der Waals surface area (Å²) in [5.41, 5.74) is 1.15. The lowest BCUT2D eigenvalue weighted by molar-refractivity contribution is -0.122. The molecule has 0 radical (unpaired) electrons. The van der Waals surface area contributed by atoms with Gasteiger partial charge in [-0.15, -0.1) is 0 Å². The highest BCUT2D eigenvalue weighted by Gasteiger charge is 2.33. The van der Waals surface area contributed by atoms with Gasteiger partial charge in [0.05, 0.1) is 17.6 Å². The molecule has 1 aliphatic heterocycles. The predicted octanol–water partition coefficient (Wildman–Crippen LogP) is 3.97. The Morgan fingerprint density at radius 2 is 1.67 bits per heavy atom. The fourth-order valence-electron chi connectivity index (χ4n) is 2.45. The van der Waals surface area contributed by atoms with Crippen molar-refractivity contribution in [2.45, 2.75) is 6.92 Å². The Bertz CT molecular complexity index is 903. The Kier molecular flexibility index (Phi) is 5.61. The summed E-state index contributed by atoms with van der Waals surface area (Å²) in [6.07, 6.45) is 1.65. The van der Waals surface area contributed by atoms with Crippen LogP contribution in [-0.2, 0) is 4.79 Å². The first-order chi connectivity index (χ1) is 13.0. The van der Waals surface area contributed by atoms with Crippen LogP contribution in [0.4, 0.5) is 4.79 Å². The molecule has 0 bridgehead atoms. The van der Waals surface area contributed by atoms with E-state index in [-0.39, 0.29) is 11.1 Å². The fourth-order valence-corrected chi connectivity index (χ4v) is 3.35. The molecule has 138 valence electrons. The van der Waals surface area contributed by atoms with Crippen LogP contribution in [0.15, 0.2) is 53.4 Å². The van der Waals surface area contributed by atoms with E-state index in [1.165, 1.54) is 4.90 Å². The zero-order chi connectivity index (χ0) is 19.4. The van der Waals surface area contributed by atoms with E-state index in [1.807, 2.05) is 0 Å². The van der Waals surface area contributed by atoms with E-state index in [2.05, 4.69) is 0 Å². The molecule has 2 aromatic rings. The van der Waals surface area contributed by atoms with Gasteiger partial charge >= 0.3 is 5.97 Å². The van der Waals surface area contributed by atoms with Crippen LogP contribution in [0.2, 0.25) is 0 Å². The number of rotatable bonds is 5. The summed E-state index contributed by atoms with van der Waals surface area (Å²) in [6, 6.07) is 13.3. The van der Waals surface area contributed by atoms with Crippen LogP contribution in [0.25, 0.3) is 6.08 Å². The highest BCUT2D eigenvalue weighted by molar-refractivity contribution is 8.18. The average molecular weight is 383 g/mol. The van der Waals surface area contributed by atoms with Crippen LogP contribution in [0.3, 0.4) is 0 Å². The van der Waals surface area contributed by atoms with Gasteiger partial charge in [-0.3, -0.25) is 14.5 Å². The SMILES string of the molecule is CCN1C(=O)S/C(=C/c2ccc(OC(=O)c3ccc(OC)cc3)cc2)C1=O. The Morgan fingerprint density at radius 1 is 1.04 bits per heavy atom. The number of carbonyl (C=O) groups is 3. The second-order valence-corrected chi connectivity index (χ2v) is 6.61. The number of hydrogen-bond donors (Lipinski definition) is 0. The second kappa shape index (κ2) is 8.09. The highest BCUT2D eigenvalue weighted by atomic mass is 32.2. The van der Waals surface area contributed by atoms with E-state index in [4.69, 9.17) is 9.47 Å². The summed E-state index contributed by atoms with van der Waals surface area (Å²) >= 11 is 0.919. The molecule has 6 nitrogen and oxygen atoms in total. The van der Waals surface area contributed by atoms with Gasteiger partial charge < -0.3 is 9.47 Å². The van der Waals surface area contributed by atoms with Crippen molar-refractivity contribution in [2.24, 2.45) is 0 Å². The monoisotopic (exact) mass is 383 g/mol. The quantitative estimate of drug-likeness (QED) is 0.442. The lowest BCUT2D eigenvalue weighted by Gasteiger charge is -2.07. The van der Waals surface area contributed by atoms with Crippen molar-refractivity contribution in [1.82, 2.24) is 4.90 Å². The van der Waals surface area contributed by atoms with E-state index in [9.17, 15) is 14.4 Å². The largest absolute Gasteiger partial charge is 0.497 e. The Balaban J connectivity index is 1.68. The van der Waals surface area contributed by atoms with E-state index in [0.29, 0.717) is 28.5 Å². The first kappa shape index (κ1) is 18.7. The summed E-state index contributed by atoms with van der Waals surface area (Å²) in [7, 11) is 1.55. The maximum absolute atomic E-state index is 12.2. The first-order valence-corrected chi connectivity index (χ1v) is 9.05. The highest BCUT2D eigenvalue weighted by Crippen LogP contribution is 2.32. The van der Waals surface area contributed by atoms with Gasteiger partial charge in [-0.05, 0) is 66.7 Å². The molecule has 0 spiro atoms. The van der Waals surface area contributed by atoms with Gasteiger partial charge in [-0.1, -0.05) is 12.1 Å². The van der Waals surface area contributed by atoms with Gasteiger partial charge in [0, 0.05) is 6.54 Å². The zero-order valence-corrected chi connectivity index (χ0v) is 15.6. The third-order valence-electron chi connectivity index (χ3n) is 3.90. The van der Waals surface area contributed by atoms with Crippen molar-refractivity contribution >= 4 is 35.0 Å². The standard InChI is InChI=1S/C20H17NO5S/c1-3-21-18(22)17(27-20(21)24)12-13-4-8-16(9-5-13)26-19(23)14-6-10-15(25-2)11-7-14/h4-12H,3H2,1-2H3/b17-12+. The van der Waals surface area contributed by atoms with E-state index < -0.39 is 5.97 Å². The number of likely N-dealkylation sites (N-methyl/N-ethyl adjacent to an activating group) is 1. The first-order valence-electron chi connectivity index (χ1n) is 8.23. The molecule has 27 heavy (non-hydrogen) atoms. The second-order valence-electron chi connectivity index (χ2n) is 5.61.